The van der Waals surface area contributed by atoms with Crippen LogP contribution in [0.2, 0.25) is 0 Å². The van der Waals surface area contributed by atoms with Gasteiger partial charge in [-0.25, -0.2) is 4.98 Å². The predicted molar refractivity (Wildman–Crippen MR) is 118 cm³/mol. The molecule has 0 aliphatic rings. The Morgan fingerprint density at radius 3 is 2.72 bits per heavy atom. The molecule has 6 heteroatoms. The Bertz CT molecular complexity index is 968. The van der Waals surface area contributed by atoms with E-state index in [9.17, 15) is 4.79 Å². The van der Waals surface area contributed by atoms with Gasteiger partial charge in [0.25, 0.3) is 0 Å². The smallest absolute Gasteiger partial charge is 0.226 e. The lowest BCUT2D eigenvalue weighted by atomic mass is 10.1. The molecule has 3 aromatic rings. The highest BCUT2D eigenvalue weighted by molar-refractivity contribution is 7.13. The van der Waals surface area contributed by atoms with Gasteiger partial charge in [-0.15, -0.1) is 11.3 Å². The number of benzene rings is 2. The first kappa shape index (κ1) is 21.0. The third kappa shape index (κ3) is 5.65. The number of aryl methyl sites for hydroxylation is 1. The van der Waals surface area contributed by atoms with Crippen molar-refractivity contribution in [3.63, 3.8) is 0 Å². The zero-order valence-electron chi connectivity index (χ0n) is 17.3. The number of rotatable bonds is 8. The molecule has 29 heavy (non-hydrogen) atoms. The average molecular weight is 410 g/mol. The van der Waals surface area contributed by atoms with Crippen LogP contribution in [0.25, 0.3) is 10.6 Å². The second kappa shape index (κ2) is 9.67. The summed E-state index contributed by atoms with van der Waals surface area (Å²) in [5, 5.41) is 5.95. The quantitative estimate of drug-likeness (QED) is 0.609. The fourth-order valence-electron chi connectivity index (χ4n) is 3.18. The van der Waals surface area contributed by atoms with Gasteiger partial charge in [0.2, 0.25) is 5.91 Å². The van der Waals surface area contributed by atoms with Crippen molar-refractivity contribution in [2.75, 3.05) is 27.7 Å². The van der Waals surface area contributed by atoms with Gasteiger partial charge in [-0.2, -0.15) is 0 Å². The Kier molecular flexibility index (Phi) is 7.01. The molecule has 5 nitrogen and oxygen atoms in total. The molecule has 0 fully saturated rings. The minimum absolute atomic E-state index is 0.0270. The molecule has 1 aromatic heterocycles. The van der Waals surface area contributed by atoms with E-state index >= 15 is 0 Å². The average Bonchev–Trinajstić information content (AvgIpc) is 3.16. The maximum absolute atomic E-state index is 12.5. The first-order valence-corrected chi connectivity index (χ1v) is 10.4. The Hall–Kier alpha value is -2.70. The largest absolute Gasteiger partial charge is 0.497 e. The zero-order chi connectivity index (χ0) is 20.8. The Morgan fingerprint density at radius 1 is 1.21 bits per heavy atom. The van der Waals surface area contributed by atoms with E-state index < -0.39 is 0 Å². The van der Waals surface area contributed by atoms with E-state index in [1.807, 2.05) is 55.9 Å². The van der Waals surface area contributed by atoms with Crippen molar-refractivity contribution >= 4 is 17.2 Å². The normalized spacial score (nSPS) is 12.0. The van der Waals surface area contributed by atoms with E-state index in [2.05, 4.69) is 34.3 Å². The molecule has 1 heterocycles. The van der Waals surface area contributed by atoms with Gasteiger partial charge in [0.05, 0.1) is 25.3 Å². The molecule has 2 aromatic carbocycles. The Morgan fingerprint density at radius 2 is 2.00 bits per heavy atom. The summed E-state index contributed by atoms with van der Waals surface area (Å²) in [5.41, 5.74) is 4.19. The van der Waals surface area contributed by atoms with E-state index in [0.29, 0.717) is 6.54 Å². The van der Waals surface area contributed by atoms with Gasteiger partial charge in [-0.05, 0) is 44.8 Å². The molecule has 152 valence electrons. The summed E-state index contributed by atoms with van der Waals surface area (Å²) in [6.07, 6.45) is 0.278. The standard InChI is InChI=1S/C23H27N3O2S/c1-16-7-5-9-18(11-16)23-25-19(15-29-23)13-22(27)24-14-21(26(2)3)17-8-6-10-20(12-17)28-4/h5-12,15,21H,13-14H2,1-4H3,(H,24,27). The fourth-order valence-corrected chi connectivity index (χ4v) is 4.00. The van der Waals surface area contributed by atoms with Crippen molar-refractivity contribution in [2.24, 2.45) is 0 Å². The first-order valence-electron chi connectivity index (χ1n) is 9.55. The number of thiazole rings is 1. The first-order chi connectivity index (χ1) is 14.0. The van der Waals surface area contributed by atoms with E-state index in [1.54, 1.807) is 18.4 Å². The van der Waals surface area contributed by atoms with Crippen molar-refractivity contribution in [3.05, 3.63) is 70.7 Å². The summed E-state index contributed by atoms with van der Waals surface area (Å²) >= 11 is 1.57. The molecule has 1 unspecified atom stereocenters. The lowest BCUT2D eigenvalue weighted by Gasteiger charge is -2.25. The van der Waals surface area contributed by atoms with Crippen LogP contribution in [0.3, 0.4) is 0 Å². The molecule has 1 amide bonds. The number of ether oxygens (including phenoxy) is 1. The van der Waals surface area contributed by atoms with E-state index in [0.717, 1.165) is 27.6 Å². The van der Waals surface area contributed by atoms with Crippen molar-refractivity contribution in [3.8, 4) is 16.3 Å². The second-order valence-corrected chi connectivity index (χ2v) is 8.11. The van der Waals surface area contributed by atoms with Crippen LogP contribution in [-0.4, -0.2) is 43.5 Å². The molecule has 0 saturated carbocycles. The number of hydrogen-bond donors (Lipinski definition) is 1. The van der Waals surface area contributed by atoms with Crippen LogP contribution in [0.15, 0.2) is 53.9 Å². The Labute approximate surface area is 176 Å². The predicted octanol–water partition coefficient (Wildman–Crippen LogP) is 4.09. The summed E-state index contributed by atoms with van der Waals surface area (Å²) in [4.78, 5) is 19.2. The summed E-state index contributed by atoms with van der Waals surface area (Å²) in [6.45, 7) is 2.59. The number of amides is 1. The number of carbonyl (C=O) groups excluding carboxylic acids is 1. The summed E-state index contributed by atoms with van der Waals surface area (Å²) in [7, 11) is 5.67. The maximum Gasteiger partial charge on any atom is 0.226 e. The van der Waals surface area contributed by atoms with Crippen molar-refractivity contribution in [1.82, 2.24) is 15.2 Å². The molecular formula is C23H27N3O2S. The molecule has 1 atom stereocenters. The summed E-state index contributed by atoms with van der Waals surface area (Å²) in [5.74, 6) is 0.785. The maximum atomic E-state index is 12.5. The van der Waals surface area contributed by atoms with Crippen LogP contribution in [0.4, 0.5) is 0 Å². The highest BCUT2D eigenvalue weighted by Crippen LogP contribution is 2.25. The molecule has 1 N–H and O–H groups in total. The highest BCUT2D eigenvalue weighted by atomic mass is 32.1. The topological polar surface area (TPSA) is 54.5 Å². The Balaban J connectivity index is 1.61. The van der Waals surface area contributed by atoms with Gasteiger partial charge >= 0.3 is 0 Å². The van der Waals surface area contributed by atoms with Crippen LogP contribution in [0.1, 0.15) is 22.9 Å². The number of carbonyl (C=O) groups is 1. The molecule has 0 spiro atoms. The van der Waals surface area contributed by atoms with Gasteiger partial charge < -0.3 is 15.0 Å². The number of hydrogen-bond acceptors (Lipinski definition) is 5. The van der Waals surface area contributed by atoms with Gasteiger partial charge in [0.1, 0.15) is 10.8 Å². The SMILES string of the molecule is COc1cccc(C(CNC(=O)Cc2csc(-c3cccc(C)c3)n2)N(C)C)c1. The number of aromatic nitrogens is 1. The van der Waals surface area contributed by atoms with Gasteiger partial charge in [-0.3, -0.25) is 4.79 Å². The van der Waals surface area contributed by atoms with Crippen molar-refractivity contribution in [1.29, 1.82) is 0 Å². The van der Waals surface area contributed by atoms with Crippen LogP contribution in [-0.2, 0) is 11.2 Å². The molecule has 0 radical (unpaired) electrons. The molecule has 0 saturated heterocycles. The van der Waals surface area contributed by atoms with E-state index in [-0.39, 0.29) is 18.4 Å². The second-order valence-electron chi connectivity index (χ2n) is 7.25. The highest BCUT2D eigenvalue weighted by Gasteiger charge is 2.17. The van der Waals surface area contributed by atoms with Gasteiger partial charge in [0.15, 0.2) is 0 Å². The van der Waals surface area contributed by atoms with Crippen molar-refractivity contribution < 1.29 is 9.53 Å². The number of likely N-dealkylation sites (N-methyl/N-ethyl adjacent to an activating group) is 1. The third-order valence-electron chi connectivity index (χ3n) is 4.75. The van der Waals surface area contributed by atoms with Crippen LogP contribution >= 0.6 is 11.3 Å². The van der Waals surface area contributed by atoms with Crippen molar-refractivity contribution in [2.45, 2.75) is 19.4 Å². The van der Waals surface area contributed by atoms with Crippen LogP contribution in [0.5, 0.6) is 5.75 Å². The fraction of sp³-hybridized carbons (Fsp3) is 0.304. The van der Waals surface area contributed by atoms with E-state index in [4.69, 9.17) is 4.74 Å². The molecule has 0 bridgehead atoms. The zero-order valence-corrected chi connectivity index (χ0v) is 18.1. The van der Waals surface area contributed by atoms with Crippen LogP contribution < -0.4 is 10.1 Å². The molecule has 3 rings (SSSR count). The third-order valence-corrected chi connectivity index (χ3v) is 5.69. The van der Waals surface area contributed by atoms with Crippen LogP contribution in [0, 0.1) is 6.92 Å². The van der Waals surface area contributed by atoms with Gasteiger partial charge in [0, 0.05) is 17.5 Å². The molecular weight excluding hydrogens is 382 g/mol. The lowest BCUT2D eigenvalue weighted by Crippen LogP contribution is -2.35. The minimum Gasteiger partial charge on any atom is -0.497 e. The number of methoxy groups -OCH3 is 1. The monoisotopic (exact) mass is 409 g/mol. The van der Waals surface area contributed by atoms with E-state index in [1.165, 1.54) is 5.56 Å². The van der Waals surface area contributed by atoms with Gasteiger partial charge in [-0.1, -0.05) is 35.9 Å². The lowest BCUT2D eigenvalue weighted by molar-refractivity contribution is -0.120. The summed E-state index contributed by atoms with van der Waals surface area (Å²) in [6, 6.07) is 16.3. The summed E-state index contributed by atoms with van der Waals surface area (Å²) < 4.78 is 5.32. The molecule has 0 aliphatic heterocycles. The molecule has 0 aliphatic carbocycles. The number of nitrogens with zero attached hydrogens (tertiary/aromatic N) is 2. The minimum atomic E-state index is -0.0270. The number of nitrogens with one attached hydrogen (secondary N) is 1.